The van der Waals surface area contributed by atoms with Crippen LogP contribution in [-0.4, -0.2) is 44.8 Å². The summed E-state index contributed by atoms with van der Waals surface area (Å²) in [5.74, 6) is 1.35. The predicted molar refractivity (Wildman–Crippen MR) is 119 cm³/mol. The van der Waals surface area contributed by atoms with Gasteiger partial charge in [-0.15, -0.1) is 0 Å². The minimum absolute atomic E-state index is 0.175. The molecule has 29 heavy (non-hydrogen) atoms. The Bertz CT molecular complexity index is 859. The van der Waals surface area contributed by atoms with Gasteiger partial charge in [0.05, 0.1) is 17.5 Å². The standard InChI is InChI=1S/C20H29N7OS/c1-12(2)22-11-14-10-17(27-20-25-16-4-3-9-21-18(16)29-20)26-19(24-14)23-13-5-7-15(28)8-6-13/h3-4,10,12-13,15,21-22,28H,5-9,11H2,1-2H3,(H2,23,24,25,26,27). The number of nitrogens with zero attached hydrogens (tertiary/aromatic N) is 3. The Morgan fingerprint density at radius 2 is 2.03 bits per heavy atom. The summed E-state index contributed by atoms with van der Waals surface area (Å²) in [5.41, 5.74) is 1.88. The highest BCUT2D eigenvalue weighted by Crippen LogP contribution is 2.33. The molecule has 9 heteroatoms. The van der Waals surface area contributed by atoms with Crippen LogP contribution in [-0.2, 0) is 6.54 Å². The number of anilines is 4. The largest absolute Gasteiger partial charge is 0.393 e. The smallest absolute Gasteiger partial charge is 0.225 e. The number of rotatable bonds is 7. The van der Waals surface area contributed by atoms with Gasteiger partial charge < -0.3 is 26.4 Å². The zero-order valence-electron chi connectivity index (χ0n) is 16.9. The average molecular weight is 416 g/mol. The van der Waals surface area contributed by atoms with Crippen LogP contribution >= 0.6 is 11.3 Å². The van der Waals surface area contributed by atoms with E-state index in [1.165, 1.54) is 0 Å². The van der Waals surface area contributed by atoms with Crippen LogP contribution in [0.25, 0.3) is 6.08 Å². The Labute approximate surface area is 175 Å². The fourth-order valence-corrected chi connectivity index (χ4v) is 4.35. The van der Waals surface area contributed by atoms with E-state index in [2.05, 4.69) is 51.2 Å². The van der Waals surface area contributed by atoms with Crippen LogP contribution in [0.1, 0.15) is 50.9 Å². The van der Waals surface area contributed by atoms with Crippen LogP contribution in [0.4, 0.5) is 21.9 Å². The fraction of sp³-hybridized carbons (Fsp3) is 0.550. The summed E-state index contributed by atoms with van der Waals surface area (Å²) in [4.78, 5) is 14.0. The molecule has 0 atom stereocenters. The molecule has 156 valence electrons. The first-order chi connectivity index (χ1) is 14.0. The summed E-state index contributed by atoms with van der Waals surface area (Å²) in [6.45, 7) is 5.74. The van der Waals surface area contributed by atoms with E-state index in [1.54, 1.807) is 11.3 Å². The topological polar surface area (TPSA) is 107 Å². The Hall–Kier alpha value is -2.23. The first-order valence-corrected chi connectivity index (χ1v) is 11.1. The average Bonchev–Trinajstić information content (AvgIpc) is 3.10. The second-order valence-electron chi connectivity index (χ2n) is 7.90. The first-order valence-electron chi connectivity index (χ1n) is 10.3. The van der Waals surface area contributed by atoms with Crippen LogP contribution in [0.3, 0.4) is 0 Å². The Kier molecular flexibility index (Phi) is 6.27. The molecule has 1 aliphatic carbocycles. The molecule has 1 fully saturated rings. The lowest BCUT2D eigenvalue weighted by molar-refractivity contribution is 0.126. The molecule has 0 saturated heterocycles. The van der Waals surface area contributed by atoms with E-state index in [1.807, 2.05) is 12.1 Å². The third kappa shape index (κ3) is 5.43. The maximum absolute atomic E-state index is 9.74. The number of hydrogen-bond acceptors (Lipinski definition) is 9. The van der Waals surface area contributed by atoms with E-state index in [-0.39, 0.29) is 6.10 Å². The van der Waals surface area contributed by atoms with Gasteiger partial charge in [0.25, 0.3) is 0 Å². The zero-order chi connectivity index (χ0) is 20.2. The molecule has 1 saturated carbocycles. The minimum atomic E-state index is -0.175. The number of aliphatic hydroxyl groups is 1. The van der Waals surface area contributed by atoms with E-state index < -0.39 is 0 Å². The quantitative estimate of drug-likeness (QED) is 0.469. The summed E-state index contributed by atoms with van der Waals surface area (Å²) in [5, 5.41) is 25.2. The first kappa shape index (κ1) is 20.1. The highest BCUT2D eigenvalue weighted by molar-refractivity contribution is 7.19. The van der Waals surface area contributed by atoms with Gasteiger partial charge in [-0.3, -0.25) is 0 Å². The van der Waals surface area contributed by atoms with Crippen molar-refractivity contribution in [3.05, 3.63) is 23.5 Å². The second kappa shape index (κ2) is 9.06. The van der Waals surface area contributed by atoms with E-state index in [0.717, 1.165) is 59.6 Å². The molecule has 0 amide bonds. The van der Waals surface area contributed by atoms with Gasteiger partial charge in [-0.1, -0.05) is 31.3 Å². The molecular formula is C20H29N7OS. The molecule has 0 spiro atoms. The predicted octanol–water partition coefficient (Wildman–Crippen LogP) is 3.33. The van der Waals surface area contributed by atoms with Crippen LogP contribution in [0.5, 0.6) is 0 Å². The van der Waals surface area contributed by atoms with Gasteiger partial charge in [0.1, 0.15) is 10.8 Å². The number of thiazole rings is 1. The lowest BCUT2D eigenvalue weighted by Gasteiger charge is -2.26. The van der Waals surface area contributed by atoms with Crippen LogP contribution < -0.4 is 21.3 Å². The van der Waals surface area contributed by atoms with Gasteiger partial charge in [-0.05, 0) is 31.8 Å². The van der Waals surface area contributed by atoms with Gasteiger partial charge >= 0.3 is 0 Å². The molecule has 4 rings (SSSR count). The van der Waals surface area contributed by atoms with Crippen LogP contribution in [0, 0.1) is 0 Å². The summed E-state index contributed by atoms with van der Waals surface area (Å²) < 4.78 is 0. The van der Waals surface area contributed by atoms with E-state index >= 15 is 0 Å². The van der Waals surface area contributed by atoms with Crippen molar-refractivity contribution in [1.29, 1.82) is 0 Å². The molecule has 0 aromatic carbocycles. The molecule has 3 heterocycles. The maximum Gasteiger partial charge on any atom is 0.225 e. The zero-order valence-corrected chi connectivity index (χ0v) is 17.7. The molecule has 5 N–H and O–H groups in total. The Morgan fingerprint density at radius 1 is 1.21 bits per heavy atom. The summed E-state index contributed by atoms with van der Waals surface area (Å²) in [7, 11) is 0. The van der Waals surface area contributed by atoms with Gasteiger partial charge in [0, 0.05) is 31.2 Å². The third-order valence-electron chi connectivity index (χ3n) is 5.05. The monoisotopic (exact) mass is 415 g/mol. The number of fused-ring (bicyclic) bond motifs is 1. The van der Waals surface area contributed by atoms with Crippen LogP contribution in [0.2, 0.25) is 0 Å². The number of hydrogen-bond donors (Lipinski definition) is 5. The number of aliphatic hydroxyl groups excluding tert-OH is 1. The SMILES string of the molecule is CC(C)NCc1cc(Nc2nc3c(s2)NCC=C3)nc(NC2CCC(O)CC2)n1. The van der Waals surface area contributed by atoms with Crippen molar-refractivity contribution in [1.82, 2.24) is 20.3 Å². The molecule has 0 radical (unpaired) electrons. The highest BCUT2D eigenvalue weighted by atomic mass is 32.1. The summed E-state index contributed by atoms with van der Waals surface area (Å²) >= 11 is 1.59. The van der Waals surface area contributed by atoms with Gasteiger partial charge in [0.2, 0.25) is 5.95 Å². The molecule has 0 bridgehead atoms. The summed E-state index contributed by atoms with van der Waals surface area (Å²) in [6, 6.07) is 2.64. The van der Waals surface area contributed by atoms with Crippen LogP contribution in [0.15, 0.2) is 12.1 Å². The lowest BCUT2D eigenvalue weighted by Crippen LogP contribution is -2.29. The molecule has 2 aliphatic rings. The molecule has 1 aliphatic heterocycles. The van der Waals surface area contributed by atoms with Crippen molar-refractivity contribution in [3.63, 3.8) is 0 Å². The van der Waals surface area contributed by atoms with E-state index in [0.29, 0.717) is 24.6 Å². The third-order valence-corrected chi connectivity index (χ3v) is 5.99. The second-order valence-corrected chi connectivity index (χ2v) is 8.89. The number of nitrogens with one attached hydrogen (secondary N) is 4. The molecule has 2 aromatic heterocycles. The minimum Gasteiger partial charge on any atom is -0.393 e. The summed E-state index contributed by atoms with van der Waals surface area (Å²) in [6.07, 6.45) is 7.43. The molecule has 0 unspecified atom stereocenters. The molecule has 8 nitrogen and oxygen atoms in total. The lowest BCUT2D eigenvalue weighted by atomic mass is 9.93. The van der Waals surface area contributed by atoms with Crippen molar-refractivity contribution in [3.8, 4) is 0 Å². The van der Waals surface area contributed by atoms with E-state index in [4.69, 9.17) is 4.98 Å². The van der Waals surface area contributed by atoms with E-state index in [9.17, 15) is 5.11 Å². The van der Waals surface area contributed by atoms with Crippen molar-refractivity contribution in [2.24, 2.45) is 0 Å². The molecular weight excluding hydrogens is 386 g/mol. The maximum atomic E-state index is 9.74. The van der Waals surface area contributed by atoms with Crippen molar-refractivity contribution >= 4 is 39.3 Å². The Morgan fingerprint density at radius 3 is 2.79 bits per heavy atom. The fourth-order valence-electron chi connectivity index (χ4n) is 3.48. The van der Waals surface area contributed by atoms with Crippen molar-refractivity contribution in [2.45, 2.75) is 64.3 Å². The van der Waals surface area contributed by atoms with Gasteiger partial charge in [-0.2, -0.15) is 4.98 Å². The van der Waals surface area contributed by atoms with Crippen molar-refractivity contribution in [2.75, 3.05) is 22.5 Å². The Balaban J connectivity index is 1.52. The molecule has 2 aromatic rings. The van der Waals surface area contributed by atoms with Gasteiger partial charge in [-0.25, -0.2) is 9.97 Å². The number of aromatic nitrogens is 3. The van der Waals surface area contributed by atoms with Crippen molar-refractivity contribution < 1.29 is 5.11 Å². The normalized spacial score (nSPS) is 21.0. The van der Waals surface area contributed by atoms with Gasteiger partial charge in [0.15, 0.2) is 5.13 Å². The highest BCUT2D eigenvalue weighted by Gasteiger charge is 2.20.